The number of para-hydroxylation sites is 1. The van der Waals surface area contributed by atoms with Gasteiger partial charge in [0.25, 0.3) is 0 Å². The summed E-state index contributed by atoms with van der Waals surface area (Å²) in [6.45, 7) is 1.93. The van der Waals surface area contributed by atoms with Crippen molar-refractivity contribution in [2.75, 3.05) is 5.32 Å². The largest absolute Gasteiger partial charge is 0.377 e. The predicted octanol–water partition coefficient (Wildman–Crippen LogP) is 4.17. The van der Waals surface area contributed by atoms with Crippen molar-refractivity contribution in [3.05, 3.63) is 70.0 Å². The number of nitrogens with zero attached hydrogens (tertiary/aromatic N) is 1. The lowest BCUT2D eigenvalue weighted by Gasteiger charge is -2.15. The molecule has 0 aliphatic carbocycles. The highest BCUT2D eigenvalue weighted by atomic mass is 19.1. The number of hydrogen-bond acceptors (Lipinski definition) is 3. The standard InChI is InChI=1S/C16H17FN2O2/c1-12(10-11-13-6-3-2-4-7-13)18-15-9-5-8-14(17)16(15)19(20)21/h2-9,12,18H,10-11H2,1H3. The molecule has 0 aliphatic heterocycles. The number of rotatable bonds is 6. The first kappa shape index (κ1) is 15.0. The zero-order chi connectivity index (χ0) is 15.2. The molecule has 0 spiro atoms. The fraction of sp³-hybridized carbons (Fsp3) is 0.250. The minimum absolute atomic E-state index is 0.00528. The molecule has 1 unspecified atom stereocenters. The van der Waals surface area contributed by atoms with Gasteiger partial charge in [-0.3, -0.25) is 10.1 Å². The molecule has 0 heterocycles. The lowest BCUT2D eigenvalue weighted by Crippen LogP contribution is -2.17. The maximum absolute atomic E-state index is 13.5. The van der Waals surface area contributed by atoms with Crippen molar-refractivity contribution in [1.29, 1.82) is 0 Å². The van der Waals surface area contributed by atoms with E-state index in [-0.39, 0.29) is 11.7 Å². The lowest BCUT2D eigenvalue weighted by atomic mass is 10.1. The highest BCUT2D eigenvalue weighted by Crippen LogP contribution is 2.28. The summed E-state index contributed by atoms with van der Waals surface area (Å²) >= 11 is 0. The highest BCUT2D eigenvalue weighted by Gasteiger charge is 2.20. The molecule has 110 valence electrons. The third-order valence-corrected chi connectivity index (χ3v) is 3.28. The minimum atomic E-state index is -0.819. The molecule has 0 fully saturated rings. The number of halogens is 1. The van der Waals surface area contributed by atoms with Crippen LogP contribution in [0.1, 0.15) is 18.9 Å². The van der Waals surface area contributed by atoms with Crippen molar-refractivity contribution < 1.29 is 9.31 Å². The molecule has 0 bridgehead atoms. The summed E-state index contributed by atoms with van der Waals surface area (Å²) < 4.78 is 13.5. The van der Waals surface area contributed by atoms with Crippen LogP contribution in [0, 0.1) is 15.9 Å². The monoisotopic (exact) mass is 288 g/mol. The first-order chi connectivity index (χ1) is 10.1. The zero-order valence-corrected chi connectivity index (χ0v) is 11.8. The second kappa shape index (κ2) is 6.83. The van der Waals surface area contributed by atoms with E-state index in [0.717, 1.165) is 18.9 Å². The topological polar surface area (TPSA) is 55.2 Å². The number of benzene rings is 2. The van der Waals surface area contributed by atoms with E-state index < -0.39 is 16.4 Å². The number of nitro benzene ring substituents is 1. The number of aryl methyl sites for hydroxylation is 1. The Morgan fingerprint density at radius 2 is 1.90 bits per heavy atom. The van der Waals surface area contributed by atoms with Crippen LogP contribution in [0.4, 0.5) is 15.8 Å². The van der Waals surface area contributed by atoms with E-state index in [9.17, 15) is 14.5 Å². The molecule has 0 aliphatic rings. The molecule has 0 radical (unpaired) electrons. The summed E-state index contributed by atoms with van der Waals surface area (Å²) in [5.74, 6) is -0.819. The summed E-state index contributed by atoms with van der Waals surface area (Å²) in [6.07, 6.45) is 1.66. The van der Waals surface area contributed by atoms with Crippen molar-refractivity contribution >= 4 is 11.4 Å². The third-order valence-electron chi connectivity index (χ3n) is 3.28. The Morgan fingerprint density at radius 1 is 1.19 bits per heavy atom. The van der Waals surface area contributed by atoms with Crippen molar-refractivity contribution in [3.8, 4) is 0 Å². The van der Waals surface area contributed by atoms with Crippen LogP contribution in [-0.2, 0) is 6.42 Å². The van der Waals surface area contributed by atoms with E-state index in [2.05, 4.69) is 5.32 Å². The van der Waals surface area contributed by atoms with E-state index in [1.54, 1.807) is 0 Å². The molecule has 1 N–H and O–H groups in total. The van der Waals surface area contributed by atoms with Gasteiger partial charge >= 0.3 is 5.69 Å². The average molecular weight is 288 g/mol. The van der Waals surface area contributed by atoms with Gasteiger partial charge in [0.05, 0.1) is 4.92 Å². The summed E-state index contributed by atoms with van der Waals surface area (Å²) in [5.41, 5.74) is 0.935. The molecule has 4 nitrogen and oxygen atoms in total. The Hall–Kier alpha value is -2.43. The van der Waals surface area contributed by atoms with Crippen LogP contribution < -0.4 is 5.32 Å². The summed E-state index contributed by atoms with van der Waals surface area (Å²) in [4.78, 5) is 10.2. The van der Waals surface area contributed by atoms with Gasteiger partial charge in [-0.2, -0.15) is 4.39 Å². The summed E-state index contributed by atoms with van der Waals surface area (Å²) in [7, 11) is 0. The van der Waals surface area contributed by atoms with Gasteiger partial charge in [0.15, 0.2) is 0 Å². The fourth-order valence-electron chi connectivity index (χ4n) is 2.18. The van der Waals surface area contributed by atoms with Crippen LogP contribution in [0.15, 0.2) is 48.5 Å². The predicted molar refractivity (Wildman–Crippen MR) is 80.9 cm³/mol. The summed E-state index contributed by atoms with van der Waals surface area (Å²) in [6, 6.07) is 14.1. The first-order valence-corrected chi connectivity index (χ1v) is 6.81. The fourth-order valence-corrected chi connectivity index (χ4v) is 2.18. The normalized spacial score (nSPS) is 11.9. The highest BCUT2D eigenvalue weighted by molar-refractivity contribution is 5.62. The van der Waals surface area contributed by atoms with Gasteiger partial charge < -0.3 is 5.32 Å². The number of nitrogens with one attached hydrogen (secondary N) is 1. The van der Waals surface area contributed by atoms with Crippen LogP contribution >= 0.6 is 0 Å². The first-order valence-electron chi connectivity index (χ1n) is 6.81. The second-order valence-electron chi connectivity index (χ2n) is 4.96. The molecule has 2 aromatic carbocycles. The van der Waals surface area contributed by atoms with Crippen LogP contribution in [0.3, 0.4) is 0 Å². The maximum atomic E-state index is 13.5. The number of anilines is 1. The van der Waals surface area contributed by atoms with Crippen LogP contribution in [0.2, 0.25) is 0 Å². The quantitative estimate of drug-likeness (QED) is 0.641. The average Bonchev–Trinajstić information content (AvgIpc) is 2.46. The maximum Gasteiger partial charge on any atom is 0.327 e. The zero-order valence-electron chi connectivity index (χ0n) is 11.8. The van der Waals surface area contributed by atoms with E-state index in [1.165, 1.54) is 17.7 Å². The Kier molecular flexibility index (Phi) is 4.87. The summed E-state index contributed by atoms with van der Waals surface area (Å²) in [5, 5.41) is 14.0. The molecule has 1 atom stereocenters. The molecule has 2 rings (SSSR count). The number of hydrogen-bond donors (Lipinski definition) is 1. The van der Waals surface area contributed by atoms with Gasteiger partial charge in [0.1, 0.15) is 5.69 Å². The molecule has 5 heteroatoms. The van der Waals surface area contributed by atoms with Crippen LogP contribution in [0.5, 0.6) is 0 Å². The SMILES string of the molecule is CC(CCc1ccccc1)Nc1cccc(F)c1[N+](=O)[O-]. The molecule has 0 saturated carbocycles. The second-order valence-corrected chi connectivity index (χ2v) is 4.96. The molecule has 21 heavy (non-hydrogen) atoms. The molecule has 2 aromatic rings. The van der Waals surface area contributed by atoms with Gasteiger partial charge in [-0.05, 0) is 37.5 Å². The van der Waals surface area contributed by atoms with Gasteiger partial charge in [-0.1, -0.05) is 36.4 Å². The van der Waals surface area contributed by atoms with E-state index in [0.29, 0.717) is 0 Å². The molecule has 0 aromatic heterocycles. The van der Waals surface area contributed by atoms with E-state index in [1.807, 2.05) is 37.3 Å². The van der Waals surface area contributed by atoms with Crippen molar-refractivity contribution in [2.45, 2.75) is 25.8 Å². The van der Waals surface area contributed by atoms with E-state index >= 15 is 0 Å². The van der Waals surface area contributed by atoms with Gasteiger partial charge in [-0.15, -0.1) is 0 Å². The van der Waals surface area contributed by atoms with Crippen molar-refractivity contribution in [1.82, 2.24) is 0 Å². The van der Waals surface area contributed by atoms with Crippen LogP contribution in [0.25, 0.3) is 0 Å². The smallest absolute Gasteiger partial charge is 0.327 e. The van der Waals surface area contributed by atoms with E-state index in [4.69, 9.17) is 0 Å². The van der Waals surface area contributed by atoms with Crippen LogP contribution in [-0.4, -0.2) is 11.0 Å². The lowest BCUT2D eigenvalue weighted by molar-refractivity contribution is -0.386. The Labute approximate surface area is 122 Å². The van der Waals surface area contributed by atoms with Crippen molar-refractivity contribution in [2.24, 2.45) is 0 Å². The Bertz CT molecular complexity index is 617. The van der Waals surface area contributed by atoms with Gasteiger partial charge in [-0.25, -0.2) is 0 Å². The molecule has 0 amide bonds. The Balaban J connectivity index is 2.01. The minimum Gasteiger partial charge on any atom is -0.377 e. The number of nitro groups is 1. The third kappa shape index (κ3) is 4.02. The van der Waals surface area contributed by atoms with Gasteiger partial charge in [0.2, 0.25) is 5.82 Å². The molecular formula is C16H17FN2O2. The van der Waals surface area contributed by atoms with Gasteiger partial charge in [0, 0.05) is 6.04 Å². The Morgan fingerprint density at radius 3 is 2.57 bits per heavy atom. The molecular weight excluding hydrogens is 271 g/mol. The van der Waals surface area contributed by atoms with Crippen molar-refractivity contribution in [3.63, 3.8) is 0 Å². The molecule has 0 saturated heterocycles.